The van der Waals surface area contributed by atoms with Gasteiger partial charge in [0, 0.05) is 23.8 Å². The van der Waals surface area contributed by atoms with E-state index in [9.17, 15) is 9.59 Å². The summed E-state index contributed by atoms with van der Waals surface area (Å²) in [5.41, 5.74) is 2.77. The van der Waals surface area contributed by atoms with E-state index in [1.54, 1.807) is 36.1 Å². The number of urea groups is 1. The van der Waals surface area contributed by atoms with Crippen LogP contribution in [0, 0.1) is 12.8 Å². The lowest BCUT2D eigenvalue weighted by Crippen LogP contribution is -2.39. The van der Waals surface area contributed by atoms with E-state index >= 15 is 0 Å². The molecule has 0 heterocycles. The molecule has 0 aliphatic carbocycles. The minimum absolute atomic E-state index is 0.250. The highest BCUT2D eigenvalue weighted by Gasteiger charge is 2.22. The molecule has 0 radical (unpaired) electrons. The second-order valence-corrected chi connectivity index (χ2v) is 6.66. The topological polar surface area (TPSA) is 58.6 Å². The van der Waals surface area contributed by atoms with E-state index in [0.717, 1.165) is 11.1 Å². The van der Waals surface area contributed by atoms with Crippen molar-refractivity contribution in [2.24, 2.45) is 5.92 Å². The average Bonchev–Trinajstić information content (AvgIpc) is 2.64. The molecule has 1 N–H and O–H groups in total. The van der Waals surface area contributed by atoms with Crippen LogP contribution in [0.2, 0.25) is 5.02 Å². The molecule has 0 aromatic heterocycles. The van der Waals surface area contributed by atoms with Crippen LogP contribution in [-0.2, 0) is 16.1 Å². The normalized spacial score (nSPS) is 11.5. The molecule has 6 heteroatoms. The largest absolute Gasteiger partial charge is 0.469 e. The molecular formula is C20H23ClN2O3. The minimum atomic E-state index is -0.429. The monoisotopic (exact) mass is 374 g/mol. The Labute approximate surface area is 158 Å². The van der Waals surface area contributed by atoms with Gasteiger partial charge in [-0.05, 0) is 36.8 Å². The Bertz CT molecular complexity index is 745. The van der Waals surface area contributed by atoms with Crippen LogP contribution in [0.5, 0.6) is 0 Å². The molecule has 0 saturated carbocycles. The highest BCUT2D eigenvalue weighted by atomic mass is 35.5. The van der Waals surface area contributed by atoms with E-state index in [1.165, 1.54) is 7.11 Å². The van der Waals surface area contributed by atoms with Crippen molar-refractivity contribution in [1.82, 2.24) is 4.90 Å². The number of rotatable bonds is 6. The first kappa shape index (κ1) is 19.8. The third-order valence-electron chi connectivity index (χ3n) is 3.97. The zero-order valence-electron chi connectivity index (χ0n) is 15.2. The molecule has 5 nitrogen and oxygen atoms in total. The molecule has 0 aliphatic heterocycles. The Morgan fingerprint density at radius 1 is 1.12 bits per heavy atom. The summed E-state index contributed by atoms with van der Waals surface area (Å²) in [4.78, 5) is 26.1. The number of aryl methyl sites for hydroxylation is 1. The van der Waals surface area contributed by atoms with Crippen molar-refractivity contribution in [3.63, 3.8) is 0 Å². The molecule has 2 amide bonds. The summed E-state index contributed by atoms with van der Waals surface area (Å²) < 4.78 is 4.78. The number of ether oxygens (including phenoxy) is 1. The SMILES string of the molecule is COC(=O)C(C)CN(Cc1ccc(C)cc1)C(=O)Nc1ccc(Cl)cc1. The van der Waals surface area contributed by atoms with Crippen molar-refractivity contribution in [3.05, 3.63) is 64.7 Å². The maximum absolute atomic E-state index is 12.7. The predicted molar refractivity (Wildman–Crippen MR) is 103 cm³/mol. The van der Waals surface area contributed by atoms with Gasteiger partial charge in [-0.1, -0.05) is 48.4 Å². The van der Waals surface area contributed by atoms with Crippen molar-refractivity contribution in [1.29, 1.82) is 0 Å². The molecule has 1 unspecified atom stereocenters. The minimum Gasteiger partial charge on any atom is -0.469 e. The lowest BCUT2D eigenvalue weighted by molar-refractivity contribution is -0.145. The highest BCUT2D eigenvalue weighted by Crippen LogP contribution is 2.16. The zero-order chi connectivity index (χ0) is 19.1. The molecule has 2 aromatic rings. The van der Waals surface area contributed by atoms with E-state index in [0.29, 0.717) is 17.3 Å². The number of anilines is 1. The van der Waals surface area contributed by atoms with E-state index in [-0.39, 0.29) is 18.5 Å². The number of benzene rings is 2. The molecule has 138 valence electrons. The van der Waals surface area contributed by atoms with Crippen LogP contribution in [0.4, 0.5) is 10.5 Å². The van der Waals surface area contributed by atoms with Crippen molar-refractivity contribution in [2.75, 3.05) is 19.0 Å². The first-order valence-electron chi connectivity index (χ1n) is 8.34. The maximum Gasteiger partial charge on any atom is 0.322 e. The Balaban J connectivity index is 2.14. The molecule has 0 fully saturated rings. The quantitative estimate of drug-likeness (QED) is 0.758. The number of esters is 1. The number of nitrogens with zero attached hydrogens (tertiary/aromatic N) is 1. The molecule has 0 spiro atoms. The molecular weight excluding hydrogens is 352 g/mol. The second kappa shape index (κ2) is 9.25. The summed E-state index contributed by atoms with van der Waals surface area (Å²) in [5, 5.41) is 3.44. The fraction of sp³-hybridized carbons (Fsp3) is 0.300. The third-order valence-corrected chi connectivity index (χ3v) is 4.23. The molecule has 0 saturated heterocycles. The van der Waals surface area contributed by atoms with Crippen LogP contribution >= 0.6 is 11.6 Å². The molecule has 1 atom stereocenters. The molecule has 0 aliphatic rings. The van der Waals surface area contributed by atoms with Crippen LogP contribution in [0.3, 0.4) is 0 Å². The average molecular weight is 375 g/mol. The first-order chi connectivity index (χ1) is 12.4. The lowest BCUT2D eigenvalue weighted by Gasteiger charge is -2.25. The number of methoxy groups -OCH3 is 1. The Kier molecular flexibility index (Phi) is 7.04. The molecule has 2 aromatic carbocycles. The maximum atomic E-state index is 12.7. The van der Waals surface area contributed by atoms with E-state index in [4.69, 9.17) is 16.3 Å². The van der Waals surface area contributed by atoms with Crippen molar-refractivity contribution in [2.45, 2.75) is 20.4 Å². The van der Waals surface area contributed by atoms with Crippen LogP contribution in [-0.4, -0.2) is 30.6 Å². The summed E-state index contributed by atoms with van der Waals surface area (Å²) in [5.74, 6) is -0.778. The fourth-order valence-electron chi connectivity index (χ4n) is 2.48. The summed E-state index contributed by atoms with van der Waals surface area (Å²) in [7, 11) is 1.34. The zero-order valence-corrected chi connectivity index (χ0v) is 15.9. The van der Waals surface area contributed by atoms with Gasteiger partial charge >= 0.3 is 12.0 Å². The summed E-state index contributed by atoms with van der Waals surface area (Å²) >= 11 is 5.88. The highest BCUT2D eigenvalue weighted by molar-refractivity contribution is 6.30. The summed E-state index contributed by atoms with van der Waals surface area (Å²) in [6.45, 7) is 4.39. The first-order valence-corrected chi connectivity index (χ1v) is 8.71. The van der Waals surface area contributed by atoms with Crippen molar-refractivity contribution >= 4 is 29.3 Å². The van der Waals surface area contributed by atoms with Gasteiger partial charge in [0.05, 0.1) is 13.0 Å². The van der Waals surface area contributed by atoms with Crippen LogP contribution in [0.25, 0.3) is 0 Å². The van der Waals surface area contributed by atoms with Crippen molar-refractivity contribution in [3.8, 4) is 0 Å². The Hall–Kier alpha value is -2.53. The van der Waals surface area contributed by atoms with Crippen LogP contribution in [0.1, 0.15) is 18.1 Å². The van der Waals surface area contributed by atoms with Gasteiger partial charge < -0.3 is 15.0 Å². The van der Waals surface area contributed by atoms with Gasteiger partial charge in [0.25, 0.3) is 0 Å². The number of amides is 2. The van der Waals surface area contributed by atoms with Crippen LogP contribution < -0.4 is 5.32 Å². The smallest absolute Gasteiger partial charge is 0.322 e. The fourth-order valence-corrected chi connectivity index (χ4v) is 2.60. The number of carbonyl (C=O) groups is 2. The van der Waals surface area contributed by atoms with Gasteiger partial charge in [0.1, 0.15) is 0 Å². The van der Waals surface area contributed by atoms with E-state index in [2.05, 4.69) is 5.32 Å². The lowest BCUT2D eigenvalue weighted by atomic mass is 10.1. The predicted octanol–water partition coefficient (Wildman–Crippen LogP) is 4.49. The van der Waals surface area contributed by atoms with Gasteiger partial charge in [-0.15, -0.1) is 0 Å². The number of nitrogens with one attached hydrogen (secondary N) is 1. The third kappa shape index (κ3) is 5.77. The summed E-state index contributed by atoms with van der Waals surface area (Å²) in [6.07, 6.45) is 0. The number of hydrogen-bond acceptors (Lipinski definition) is 3. The number of hydrogen-bond donors (Lipinski definition) is 1. The van der Waals surface area contributed by atoms with Crippen LogP contribution in [0.15, 0.2) is 48.5 Å². The van der Waals surface area contributed by atoms with Gasteiger partial charge in [0.15, 0.2) is 0 Å². The van der Waals surface area contributed by atoms with E-state index in [1.807, 2.05) is 31.2 Å². The van der Waals surface area contributed by atoms with Gasteiger partial charge in [-0.3, -0.25) is 4.79 Å². The van der Waals surface area contributed by atoms with Crippen molar-refractivity contribution < 1.29 is 14.3 Å². The molecule has 26 heavy (non-hydrogen) atoms. The second-order valence-electron chi connectivity index (χ2n) is 6.23. The standard InChI is InChI=1S/C20H23ClN2O3/c1-14-4-6-16(7-5-14)13-23(12-15(2)19(24)26-3)20(25)22-18-10-8-17(21)9-11-18/h4-11,15H,12-13H2,1-3H3,(H,22,25). The number of halogens is 1. The van der Waals surface area contributed by atoms with E-state index < -0.39 is 5.92 Å². The summed E-state index contributed by atoms with van der Waals surface area (Å²) in [6, 6.07) is 14.5. The number of carbonyl (C=O) groups excluding carboxylic acids is 2. The van der Waals surface area contributed by atoms with Gasteiger partial charge in [-0.2, -0.15) is 0 Å². The molecule has 0 bridgehead atoms. The van der Waals surface area contributed by atoms with Gasteiger partial charge in [-0.25, -0.2) is 4.79 Å². The molecule has 2 rings (SSSR count). The Morgan fingerprint density at radius 3 is 2.31 bits per heavy atom. The Morgan fingerprint density at radius 2 is 1.73 bits per heavy atom. The van der Waals surface area contributed by atoms with Gasteiger partial charge in [0.2, 0.25) is 0 Å².